The number of rotatable bonds is 6. The fourth-order valence-electron chi connectivity index (χ4n) is 2.71. The molecule has 0 atom stereocenters. The van der Waals surface area contributed by atoms with Crippen molar-refractivity contribution in [3.63, 3.8) is 0 Å². The highest BCUT2D eigenvalue weighted by Gasteiger charge is 2.18. The van der Waals surface area contributed by atoms with Gasteiger partial charge in [-0.2, -0.15) is 0 Å². The van der Waals surface area contributed by atoms with Gasteiger partial charge in [-0.1, -0.05) is 12.1 Å². The predicted molar refractivity (Wildman–Crippen MR) is 74.6 cm³/mol. The van der Waals surface area contributed by atoms with Crippen LogP contribution in [0.5, 0.6) is 5.75 Å². The van der Waals surface area contributed by atoms with Gasteiger partial charge in [0.25, 0.3) is 0 Å². The lowest BCUT2D eigenvalue weighted by Gasteiger charge is -2.18. The Labute approximate surface area is 114 Å². The van der Waals surface area contributed by atoms with Gasteiger partial charge in [0.1, 0.15) is 5.75 Å². The van der Waals surface area contributed by atoms with Gasteiger partial charge in [-0.25, -0.2) is 0 Å². The van der Waals surface area contributed by atoms with E-state index < -0.39 is 5.97 Å². The van der Waals surface area contributed by atoms with Gasteiger partial charge in [0, 0.05) is 6.42 Å². The first-order chi connectivity index (χ1) is 9.16. The van der Waals surface area contributed by atoms with Gasteiger partial charge in [-0.15, -0.1) is 0 Å². The lowest BCUT2D eigenvalue weighted by Crippen LogP contribution is -2.12. The fraction of sp³-hybridized carbons (Fsp3) is 0.562. The topological polar surface area (TPSA) is 46.5 Å². The van der Waals surface area contributed by atoms with Crippen molar-refractivity contribution in [3.05, 3.63) is 29.3 Å². The van der Waals surface area contributed by atoms with E-state index in [1.54, 1.807) is 0 Å². The maximum atomic E-state index is 10.6. The molecule has 0 bridgehead atoms. The van der Waals surface area contributed by atoms with Crippen LogP contribution in [0.1, 0.15) is 49.7 Å². The molecule has 0 spiro atoms. The summed E-state index contributed by atoms with van der Waals surface area (Å²) in [5.74, 6) is 0.226. The SMILES string of the molecule is Cc1cccc(OC2CCCC2)c1CCCC(=O)O. The molecule has 0 unspecified atom stereocenters. The van der Waals surface area contributed by atoms with Crippen molar-refractivity contribution in [1.82, 2.24) is 0 Å². The number of aliphatic carboxylic acids is 1. The normalized spacial score (nSPS) is 15.6. The van der Waals surface area contributed by atoms with Crippen molar-refractivity contribution < 1.29 is 14.6 Å². The molecule has 3 nitrogen and oxygen atoms in total. The molecule has 0 aliphatic heterocycles. The minimum Gasteiger partial charge on any atom is -0.490 e. The summed E-state index contributed by atoms with van der Waals surface area (Å²) in [4.78, 5) is 10.6. The summed E-state index contributed by atoms with van der Waals surface area (Å²) in [6.45, 7) is 2.07. The summed E-state index contributed by atoms with van der Waals surface area (Å²) in [6.07, 6.45) is 6.81. The first-order valence-corrected chi connectivity index (χ1v) is 7.14. The Morgan fingerprint density at radius 3 is 2.79 bits per heavy atom. The Morgan fingerprint density at radius 1 is 1.37 bits per heavy atom. The molecule has 3 heteroatoms. The lowest BCUT2D eigenvalue weighted by molar-refractivity contribution is -0.137. The zero-order valence-electron chi connectivity index (χ0n) is 11.5. The maximum Gasteiger partial charge on any atom is 0.303 e. The molecule has 19 heavy (non-hydrogen) atoms. The molecule has 0 radical (unpaired) electrons. The van der Waals surface area contributed by atoms with E-state index in [-0.39, 0.29) is 6.42 Å². The van der Waals surface area contributed by atoms with E-state index in [2.05, 4.69) is 13.0 Å². The number of hydrogen-bond donors (Lipinski definition) is 1. The number of carboxylic acid groups (broad SMARTS) is 1. The van der Waals surface area contributed by atoms with Crippen molar-refractivity contribution in [1.29, 1.82) is 0 Å². The summed E-state index contributed by atoms with van der Waals surface area (Å²) in [6, 6.07) is 6.10. The van der Waals surface area contributed by atoms with Crippen molar-refractivity contribution in [2.45, 2.75) is 58.0 Å². The molecule has 1 aliphatic rings. The number of hydrogen-bond acceptors (Lipinski definition) is 2. The number of carbonyl (C=O) groups is 1. The molecule has 0 aromatic heterocycles. The Bertz CT molecular complexity index is 434. The zero-order chi connectivity index (χ0) is 13.7. The number of benzene rings is 1. The molecule has 104 valence electrons. The maximum absolute atomic E-state index is 10.6. The minimum atomic E-state index is -0.730. The molecule has 1 saturated carbocycles. The standard InChI is InChI=1S/C16H22O3/c1-12-6-4-10-15(19-13-7-2-3-8-13)14(12)9-5-11-16(17)18/h4,6,10,13H,2-3,5,7-9,11H2,1H3,(H,17,18). The quantitative estimate of drug-likeness (QED) is 0.849. The van der Waals surface area contributed by atoms with Crippen molar-refractivity contribution in [3.8, 4) is 5.75 Å². The van der Waals surface area contributed by atoms with Crippen LogP contribution in [0.15, 0.2) is 18.2 Å². The smallest absolute Gasteiger partial charge is 0.303 e. The number of carboxylic acids is 1. The van der Waals surface area contributed by atoms with Gasteiger partial charge < -0.3 is 9.84 Å². The molecule has 0 amide bonds. The van der Waals surface area contributed by atoms with Crippen LogP contribution in [0.25, 0.3) is 0 Å². The highest BCUT2D eigenvalue weighted by molar-refractivity contribution is 5.66. The van der Waals surface area contributed by atoms with Crippen LogP contribution in [0.3, 0.4) is 0 Å². The highest BCUT2D eigenvalue weighted by atomic mass is 16.5. The summed E-state index contributed by atoms with van der Waals surface area (Å²) in [7, 11) is 0. The molecule has 2 rings (SSSR count). The molecular formula is C16H22O3. The monoisotopic (exact) mass is 262 g/mol. The van der Waals surface area contributed by atoms with Gasteiger partial charge in [-0.3, -0.25) is 4.79 Å². The molecule has 1 aromatic rings. The van der Waals surface area contributed by atoms with E-state index in [0.717, 1.165) is 25.0 Å². The average molecular weight is 262 g/mol. The first kappa shape index (κ1) is 13.9. The van der Waals surface area contributed by atoms with E-state index in [1.807, 2.05) is 12.1 Å². The van der Waals surface area contributed by atoms with Crippen molar-refractivity contribution >= 4 is 5.97 Å². The van der Waals surface area contributed by atoms with Gasteiger partial charge in [0.2, 0.25) is 0 Å². The Kier molecular flexibility index (Phi) is 4.83. The van der Waals surface area contributed by atoms with Crippen LogP contribution in [0.4, 0.5) is 0 Å². The summed E-state index contributed by atoms with van der Waals surface area (Å²) >= 11 is 0. The Balaban J connectivity index is 2.03. The summed E-state index contributed by atoms with van der Waals surface area (Å²) in [5, 5.41) is 8.73. The third-order valence-electron chi connectivity index (χ3n) is 3.78. The van der Waals surface area contributed by atoms with Crippen LogP contribution in [-0.4, -0.2) is 17.2 Å². The largest absolute Gasteiger partial charge is 0.490 e. The zero-order valence-corrected chi connectivity index (χ0v) is 11.5. The summed E-state index contributed by atoms with van der Waals surface area (Å²) < 4.78 is 6.10. The molecule has 1 aliphatic carbocycles. The lowest BCUT2D eigenvalue weighted by atomic mass is 10.0. The van der Waals surface area contributed by atoms with E-state index in [4.69, 9.17) is 9.84 Å². The van der Waals surface area contributed by atoms with Crippen LogP contribution in [0, 0.1) is 6.92 Å². The highest BCUT2D eigenvalue weighted by Crippen LogP contribution is 2.29. The van der Waals surface area contributed by atoms with Crippen molar-refractivity contribution in [2.24, 2.45) is 0 Å². The van der Waals surface area contributed by atoms with Gasteiger partial charge in [-0.05, 0) is 62.6 Å². The minimum absolute atomic E-state index is 0.219. The van der Waals surface area contributed by atoms with Gasteiger partial charge >= 0.3 is 5.97 Å². The van der Waals surface area contributed by atoms with E-state index in [1.165, 1.54) is 24.0 Å². The van der Waals surface area contributed by atoms with Gasteiger partial charge in [0.15, 0.2) is 0 Å². The Hall–Kier alpha value is -1.51. The molecule has 1 N–H and O–H groups in total. The first-order valence-electron chi connectivity index (χ1n) is 7.14. The molecule has 1 fully saturated rings. The van der Waals surface area contributed by atoms with E-state index >= 15 is 0 Å². The van der Waals surface area contributed by atoms with Crippen LogP contribution in [0.2, 0.25) is 0 Å². The summed E-state index contributed by atoms with van der Waals surface area (Å²) in [5.41, 5.74) is 2.37. The molecule has 1 aromatic carbocycles. The van der Waals surface area contributed by atoms with E-state index in [9.17, 15) is 4.79 Å². The Morgan fingerprint density at radius 2 is 2.11 bits per heavy atom. The van der Waals surface area contributed by atoms with Crippen molar-refractivity contribution in [2.75, 3.05) is 0 Å². The fourth-order valence-corrected chi connectivity index (χ4v) is 2.71. The second-order valence-electron chi connectivity index (χ2n) is 5.32. The predicted octanol–water partition coefficient (Wildman–Crippen LogP) is 3.72. The van der Waals surface area contributed by atoms with Crippen LogP contribution in [-0.2, 0) is 11.2 Å². The van der Waals surface area contributed by atoms with Crippen LogP contribution < -0.4 is 4.74 Å². The number of aryl methyl sites for hydroxylation is 1. The van der Waals surface area contributed by atoms with Gasteiger partial charge in [0.05, 0.1) is 6.10 Å². The third-order valence-corrected chi connectivity index (χ3v) is 3.78. The molecule has 0 heterocycles. The molecule has 0 saturated heterocycles. The van der Waals surface area contributed by atoms with E-state index in [0.29, 0.717) is 12.5 Å². The number of ether oxygens (including phenoxy) is 1. The molecular weight excluding hydrogens is 240 g/mol. The van der Waals surface area contributed by atoms with Crippen LogP contribution >= 0.6 is 0 Å². The second-order valence-corrected chi connectivity index (χ2v) is 5.32. The third kappa shape index (κ3) is 3.98. The average Bonchev–Trinajstić information content (AvgIpc) is 2.85. The second kappa shape index (κ2) is 6.60.